The minimum absolute atomic E-state index is 0.0606. The second-order valence-corrected chi connectivity index (χ2v) is 5.05. The Labute approximate surface area is 112 Å². The van der Waals surface area contributed by atoms with Crippen molar-refractivity contribution >= 4 is 11.9 Å². The molecular formula is C12H22N4O3. The van der Waals surface area contributed by atoms with E-state index in [4.69, 9.17) is 20.9 Å². The number of nitrogens with zero attached hydrogens (tertiary/aromatic N) is 2. The van der Waals surface area contributed by atoms with E-state index in [1.165, 1.54) is 0 Å². The molecule has 108 valence electrons. The third kappa shape index (κ3) is 3.81. The number of rotatable bonds is 3. The standard InChI is InChI=1S/C12H22N4O3/c1-8-7-16(4-5-18-8)12(14)15-6-9-2-3-10(19-9)11(13)17/h8-10H,2-7H2,1H3,(H2,13,17)(H2,14,15). The third-order valence-electron chi connectivity index (χ3n) is 3.45. The largest absolute Gasteiger partial charge is 0.375 e. The van der Waals surface area contributed by atoms with Crippen LogP contribution in [-0.2, 0) is 14.3 Å². The summed E-state index contributed by atoms with van der Waals surface area (Å²) in [6.07, 6.45) is 1.11. The molecule has 0 saturated carbocycles. The van der Waals surface area contributed by atoms with Gasteiger partial charge in [-0.15, -0.1) is 0 Å². The summed E-state index contributed by atoms with van der Waals surface area (Å²) < 4.78 is 10.9. The van der Waals surface area contributed by atoms with Gasteiger partial charge in [0.05, 0.1) is 25.4 Å². The Balaban J connectivity index is 1.80. The number of carbonyl (C=O) groups is 1. The molecule has 2 fully saturated rings. The number of primary amides is 1. The molecule has 2 heterocycles. The maximum atomic E-state index is 11.0. The van der Waals surface area contributed by atoms with Gasteiger partial charge in [-0.2, -0.15) is 0 Å². The van der Waals surface area contributed by atoms with E-state index in [1.54, 1.807) is 0 Å². The number of hydrogen-bond donors (Lipinski definition) is 2. The van der Waals surface area contributed by atoms with Gasteiger partial charge in [-0.1, -0.05) is 0 Å². The van der Waals surface area contributed by atoms with Gasteiger partial charge in [0.1, 0.15) is 6.10 Å². The Morgan fingerprint density at radius 1 is 1.42 bits per heavy atom. The normalized spacial score (nSPS) is 32.6. The van der Waals surface area contributed by atoms with Gasteiger partial charge in [0.15, 0.2) is 5.96 Å². The molecule has 7 heteroatoms. The highest BCUT2D eigenvalue weighted by atomic mass is 16.5. The summed E-state index contributed by atoms with van der Waals surface area (Å²) in [4.78, 5) is 17.3. The Hall–Kier alpha value is -1.34. The molecule has 0 aromatic heterocycles. The first-order valence-corrected chi connectivity index (χ1v) is 6.67. The first kappa shape index (κ1) is 14.1. The van der Waals surface area contributed by atoms with Crippen LogP contribution >= 0.6 is 0 Å². The summed E-state index contributed by atoms with van der Waals surface area (Å²) in [5, 5.41) is 0. The summed E-state index contributed by atoms with van der Waals surface area (Å²) in [6.45, 7) is 4.67. The van der Waals surface area contributed by atoms with Crippen LogP contribution in [0.15, 0.2) is 4.99 Å². The van der Waals surface area contributed by atoms with Gasteiger partial charge >= 0.3 is 0 Å². The average Bonchev–Trinajstić information content (AvgIpc) is 2.85. The fourth-order valence-electron chi connectivity index (χ4n) is 2.37. The van der Waals surface area contributed by atoms with E-state index in [-0.39, 0.29) is 12.2 Å². The molecule has 7 nitrogen and oxygen atoms in total. The molecule has 4 N–H and O–H groups in total. The van der Waals surface area contributed by atoms with Gasteiger partial charge in [0, 0.05) is 13.1 Å². The van der Waals surface area contributed by atoms with Crippen LogP contribution in [0.5, 0.6) is 0 Å². The lowest BCUT2D eigenvalue weighted by molar-refractivity contribution is -0.128. The van der Waals surface area contributed by atoms with Crippen LogP contribution in [0.1, 0.15) is 19.8 Å². The summed E-state index contributed by atoms with van der Waals surface area (Å²) >= 11 is 0. The van der Waals surface area contributed by atoms with E-state index in [0.717, 1.165) is 19.5 Å². The predicted octanol–water partition coefficient (Wildman–Crippen LogP) is -0.945. The molecule has 0 aromatic rings. The number of aliphatic imine (C=N–C) groups is 1. The van der Waals surface area contributed by atoms with Crippen LogP contribution in [0.3, 0.4) is 0 Å². The molecule has 0 aromatic carbocycles. The zero-order valence-electron chi connectivity index (χ0n) is 11.2. The Morgan fingerprint density at radius 3 is 2.84 bits per heavy atom. The van der Waals surface area contributed by atoms with Crippen LogP contribution in [0.25, 0.3) is 0 Å². The van der Waals surface area contributed by atoms with E-state index in [9.17, 15) is 4.79 Å². The maximum absolute atomic E-state index is 11.0. The summed E-state index contributed by atoms with van der Waals surface area (Å²) in [5.41, 5.74) is 11.2. The second kappa shape index (κ2) is 6.21. The van der Waals surface area contributed by atoms with Crippen LogP contribution in [-0.4, -0.2) is 61.3 Å². The van der Waals surface area contributed by atoms with Crippen molar-refractivity contribution in [2.24, 2.45) is 16.5 Å². The van der Waals surface area contributed by atoms with Crippen LogP contribution in [0, 0.1) is 0 Å². The lowest BCUT2D eigenvalue weighted by atomic mass is 10.2. The number of hydrogen-bond acceptors (Lipinski definition) is 4. The van der Waals surface area contributed by atoms with Gasteiger partial charge in [0.2, 0.25) is 5.91 Å². The van der Waals surface area contributed by atoms with Crippen molar-refractivity contribution < 1.29 is 14.3 Å². The number of guanidine groups is 1. The smallest absolute Gasteiger partial charge is 0.246 e. The molecule has 0 spiro atoms. The lowest BCUT2D eigenvalue weighted by Gasteiger charge is -2.31. The highest BCUT2D eigenvalue weighted by Gasteiger charge is 2.29. The summed E-state index contributed by atoms with van der Waals surface area (Å²) in [6, 6.07) is 0. The molecule has 1 amide bonds. The minimum Gasteiger partial charge on any atom is -0.375 e. The first-order chi connectivity index (χ1) is 9.06. The van der Waals surface area contributed by atoms with Crippen LogP contribution in [0.2, 0.25) is 0 Å². The first-order valence-electron chi connectivity index (χ1n) is 6.67. The monoisotopic (exact) mass is 270 g/mol. The number of ether oxygens (including phenoxy) is 2. The van der Waals surface area contributed by atoms with Gasteiger partial charge in [-0.05, 0) is 19.8 Å². The van der Waals surface area contributed by atoms with Crippen molar-refractivity contribution in [3.8, 4) is 0 Å². The van der Waals surface area contributed by atoms with Crippen molar-refractivity contribution in [1.82, 2.24) is 4.90 Å². The Kier molecular flexibility index (Phi) is 4.60. The van der Waals surface area contributed by atoms with E-state index in [1.807, 2.05) is 11.8 Å². The van der Waals surface area contributed by atoms with E-state index >= 15 is 0 Å². The van der Waals surface area contributed by atoms with Crippen molar-refractivity contribution in [1.29, 1.82) is 0 Å². The van der Waals surface area contributed by atoms with Gasteiger partial charge < -0.3 is 25.8 Å². The quantitative estimate of drug-likeness (QED) is 0.508. The lowest BCUT2D eigenvalue weighted by Crippen LogP contribution is -2.48. The predicted molar refractivity (Wildman–Crippen MR) is 70.6 cm³/mol. The molecular weight excluding hydrogens is 248 g/mol. The van der Waals surface area contributed by atoms with Crippen LogP contribution < -0.4 is 11.5 Å². The van der Waals surface area contributed by atoms with Gasteiger partial charge in [-0.25, -0.2) is 0 Å². The number of morpholine rings is 1. The van der Waals surface area contributed by atoms with Crippen LogP contribution in [0.4, 0.5) is 0 Å². The number of nitrogens with two attached hydrogens (primary N) is 2. The van der Waals surface area contributed by atoms with Gasteiger partial charge in [-0.3, -0.25) is 9.79 Å². The zero-order chi connectivity index (χ0) is 13.8. The minimum atomic E-state index is -0.468. The Bertz CT molecular complexity index is 361. The SMILES string of the molecule is CC1CN(C(N)=NCC2CCC(C(N)=O)O2)CCO1. The van der Waals surface area contributed by atoms with E-state index in [0.29, 0.717) is 25.5 Å². The molecule has 0 aliphatic carbocycles. The maximum Gasteiger partial charge on any atom is 0.246 e. The van der Waals surface area contributed by atoms with Crippen molar-refractivity contribution in [3.63, 3.8) is 0 Å². The third-order valence-corrected chi connectivity index (χ3v) is 3.45. The van der Waals surface area contributed by atoms with Crippen molar-refractivity contribution in [2.45, 2.75) is 38.1 Å². The fraction of sp³-hybridized carbons (Fsp3) is 0.833. The van der Waals surface area contributed by atoms with Crippen molar-refractivity contribution in [2.75, 3.05) is 26.2 Å². The molecule has 3 unspecified atom stereocenters. The number of amides is 1. The van der Waals surface area contributed by atoms with E-state index in [2.05, 4.69) is 4.99 Å². The molecule has 0 radical (unpaired) electrons. The molecule has 2 aliphatic rings. The summed E-state index contributed by atoms with van der Waals surface area (Å²) in [5.74, 6) is 0.114. The van der Waals surface area contributed by atoms with E-state index < -0.39 is 12.0 Å². The second-order valence-electron chi connectivity index (χ2n) is 5.05. The Morgan fingerprint density at radius 2 is 2.21 bits per heavy atom. The number of carbonyl (C=O) groups excluding carboxylic acids is 1. The molecule has 19 heavy (non-hydrogen) atoms. The van der Waals surface area contributed by atoms with Gasteiger partial charge in [0.25, 0.3) is 0 Å². The molecule has 2 aliphatic heterocycles. The molecule has 2 saturated heterocycles. The average molecular weight is 270 g/mol. The molecule has 3 atom stereocenters. The zero-order valence-corrected chi connectivity index (χ0v) is 11.2. The fourth-order valence-corrected chi connectivity index (χ4v) is 2.37. The summed E-state index contributed by atoms with van der Waals surface area (Å²) in [7, 11) is 0. The topological polar surface area (TPSA) is 103 Å². The molecule has 2 rings (SSSR count). The highest BCUT2D eigenvalue weighted by molar-refractivity contribution is 5.79. The molecule has 0 bridgehead atoms. The van der Waals surface area contributed by atoms with Crippen molar-refractivity contribution in [3.05, 3.63) is 0 Å². The highest BCUT2D eigenvalue weighted by Crippen LogP contribution is 2.19.